The first kappa shape index (κ1) is 20.5. The third kappa shape index (κ3) is 3.70. The Morgan fingerprint density at radius 3 is 3.00 bits per heavy atom. The van der Waals surface area contributed by atoms with Crippen LogP contribution < -0.4 is 15.8 Å². The molecule has 2 aromatic rings. The number of rotatable bonds is 5. The Balaban J connectivity index is 1.62. The number of nitrogens with two attached hydrogens (primary N) is 1. The summed E-state index contributed by atoms with van der Waals surface area (Å²) in [4.78, 5) is 24.8. The zero-order valence-electron chi connectivity index (χ0n) is 16.0. The number of hydrogen-bond donors (Lipinski definition) is 2. The second-order valence-electron chi connectivity index (χ2n) is 6.95. The number of carbonyl (C=O) groups excluding carboxylic acids is 1. The molecule has 11 heteroatoms. The molecule has 4 rings (SSSR count). The summed E-state index contributed by atoms with van der Waals surface area (Å²) in [6.45, 7) is 1.09. The summed E-state index contributed by atoms with van der Waals surface area (Å²) >= 11 is 1.42. The van der Waals surface area contributed by atoms with Crippen LogP contribution in [0.15, 0.2) is 35.6 Å². The zero-order chi connectivity index (χ0) is 21.3. The standard InChI is InChI=1S/C19H19F2N5O3S/c1-10-13-7-30-18(22)26-19(13,8-28-10)12-4-11(2-3-14(12)21)25-17(27)15-5-24-16(6-23-15)29-9-20/h2-6,10,13H,7-9H2,1H3,(H2,22,26)(H,25,27)/t10-,13?,19-/m1/s1. The normalized spacial score (nSPS) is 25.4. The lowest BCUT2D eigenvalue weighted by Crippen LogP contribution is -2.41. The predicted molar refractivity (Wildman–Crippen MR) is 108 cm³/mol. The smallest absolute Gasteiger partial charge is 0.275 e. The van der Waals surface area contributed by atoms with E-state index < -0.39 is 24.1 Å². The number of aliphatic imine (C=N–C) groups is 1. The van der Waals surface area contributed by atoms with Crippen molar-refractivity contribution in [1.82, 2.24) is 9.97 Å². The van der Waals surface area contributed by atoms with Crippen molar-refractivity contribution in [3.63, 3.8) is 0 Å². The minimum Gasteiger partial charge on any atom is -0.445 e. The number of hydrogen-bond acceptors (Lipinski definition) is 8. The Kier molecular flexibility index (Phi) is 5.56. The van der Waals surface area contributed by atoms with Gasteiger partial charge in [-0.25, -0.2) is 23.7 Å². The summed E-state index contributed by atoms with van der Waals surface area (Å²) in [7, 11) is 0. The minimum atomic E-state index is -1.05. The molecule has 1 amide bonds. The summed E-state index contributed by atoms with van der Waals surface area (Å²) in [5, 5.41) is 3.05. The lowest BCUT2D eigenvalue weighted by molar-refractivity contribution is 0.102. The van der Waals surface area contributed by atoms with Crippen molar-refractivity contribution < 1.29 is 23.0 Å². The first-order valence-corrected chi connectivity index (χ1v) is 10.1. The summed E-state index contributed by atoms with van der Waals surface area (Å²) in [6.07, 6.45) is 2.20. The first-order valence-electron chi connectivity index (χ1n) is 9.15. The molecule has 0 bridgehead atoms. The summed E-state index contributed by atoms with van der Waals surface area (Å²) in [5.41, 5.74) is 5.69. The van der Waals surface area contributed by atoms with Crippen LogP contribution in [0.5, 0.6) is 5.88 Å². The number of aromatic nitrogens is 2. The van der Waals surface area contributed by atoms with E-state index in [9.17, 15) is 13.6 Å². The highest BCUT2D eigenvalue weighted by molar-refractivity contribution is 8.13. The lowest BCUT2D eigenvalue weighted by Gasteiger charge is -2.35. The molecule has 1 unspecified atom stereocenters. The van der Waals surface area contributed by atoms with Gasteiger partial charge in [-0.1, -0.05) is 11.8 Å². The SMILES string of the molecule is C[C@H]1OC[C@]2(c3cc(NC(=O)c4cnc(OCF)cn4)ccc3F)N=C(N)SCC12. The molecule has 2 aliphatic rings. The van der Waals surface area contributed by atoms with E-state index in [2.05, 4.69) is 25.0 Å². The largest absolute Gasteiger partial charge is 0.445 e. The van der Waals surface area contributed by atoms with E-state index in [-0.39, 0.29) is 30.2 Å². The van der Waals surface area contributed by atoms with Crippen molar-refractivity contribution in [3.8, 4) is 5.88 Å². The van der Waals surface area contributed by atoms with E-state index in [0.717, 1.165) is 12.4 Å². The monoisotopic (exact) mass is 435 g/mol. The van der Waals surface area contributed by atoms with Gasteiger partial charge >= 0.3 is 0 Å². The molecule has 8 nitrogen and oxygen atoms in total. The molecule has 0 radical (unpaired) electrons. The van der Waals surface area contributed by atoms with Crippen LogP contribution in [0.1, 0.15) is 23.0 Å². The van der Waals surface area contributed by atoms with Gasteiger partial charge in [0.15, 0.2) is 5.17 Å². The molecule has 1 aromatic carbocycles. The number of amides is 1. The van der Waals surface area contributed by atoms with E-state index in [1.165, 1.54) is 23.9 Å². The van der Waals surface area contributed by atoms with Gasteiger partial charge in [0.1, 0.15) is 17.1 Å². The van der Waals surface area contributed by atoms with E-state index in [4.69, 9.17) is 10.5 Å². The maximum Gasteiger partial charge on any atom is 0.275 e. The topological polar surface area (TPSA) is 112 Å². The highest BCUT2D eigenvalue weighted by Gasteiger charge is 2.52. The molecule has 1 fully saturated rings. The van der Waals surface area contributed by atoms with Gasteiger partial charge in [-0.15, -0.1) is 0 Å². The van der Waals surface area contributed by atoms with Crippen molar-refractivity contribution in [1.29, 1.82) is 0 Å². The van der Waals surface area contributed by atoms with Crippen LogP contribution in [0.2, 0.25) is 0 Å². The van der Waals surface area contributed by atoms with Crippen molar-refractivity contribution in [2.45, 2.75) is 18.6 Å². The lowest BCUT2D eigenvalue weighted by atomic mass is 9.79. The van der Waals surface area contributed by atoms with Crippen LogP contribution in [-0.2, 0) is 10.3 Å². The van der Waals surface area contributed by atoms with Gasteiger partial charge in [0.05, 0.1) is 25.1 Å². The van der Waals surface area contributed by atoms with Gasteiger partial charge in [0.2, 0.25) is 12.7 Å². The maximum atomic E-state index is 14.9. The molecule has 0 saturated carbocycles. The first-order chi connectivity index (χ1) is 14.4. The van der Waals surface area contributed by atoms with Crippen LogP contribution in [-0.4, -0.2) is 46.4 Å². The zero-order valence-corrected chi connectivity index (χ0v) is 16.8. The Labute approximate surface area is 175 Å². The Morgan fingerprint density at radius 1 is 1.43 bits per heavy atom. The van der Waals surface area contributed by atoms with Crippen molar-refractivity contribution in [2.24, 2.45) is 16.6 Å². The minimum absolute atomic E-state index is 0.00252. The average molecular weight is 435 g/mol. The van der Waals surface area contributed by atoms with Crippen molar-refractivity contribution >= 4 is 28.5 Å². The molecule has 0 spiro atoms. The Morgan fingerprint density at radius 2 is 2.27 bits per heavy atom. The number of nitrogens with zero attached hydrogens (tertiary/aromatic N) is 3. The number of halogens is 2. The van der Waals surface area contributed by atoms with Gasteiger partial charge in [0.25, 0.3) is 5.91 Å². The number of nitrogens with one attached hydrogen (secondary N) is 1. The third-order valence-electron chi connectivity index (χ3n) is 5.22. The predicted octanol–water partition coefficient (Wildman–Crippen LogP) is 2.47. The second-order valence-corrected chi connectivity index (χ2v) is 7.99. The molecule has 158 valence electrons. The van der Waals surface area contributed by atoms with Crippen molar-refractivity contribution in [2.75, 3.05) is 24.5 Å². The summed E-state index contributed by atoms with van der Waals surface area (Å²) in [5.74, 6) is -0.436. The number of benzene rings is 1. The number of ether oxygens (including phenoxy) is 2. The molecule has 1 saturated heterocycles. The van der Waals surface area contributed by atoms with Crippen LogP contribution in [0.3, 0.4) is 0 Å². The van der Waals surface area contributed by atoms with Crippen LogP contribution in [0.4, 0.5) is 14.5 Å². The van der Waals surface area contributed by atoms with Gasteiger partial charge in [-0.2, -0.15) is 0 Å². The fourth-order valence-corrected chi connectivity index (χ4v) is 4.82. The molecule has 1 aromatic heterocycles. The quantitative estimate of drug-likeness (QED) is 0.742. The van der Waals surface area contributed by atoms with Crippen LogP contribution >= 0.6 is 11.8 Å². The molecule has 2 aliphatic heterocycles. The number of thioether (sulfide) groups is 1. The fraction of sp³-hybridized carbons (Fsp3) is 0.368. The molecular formula is C19H19F2N5O3S. The van der Waals surface area contributed by atoms with E-state index in [1.807, 2.05) is 6.92 Å². The van der Waals surface area contributed by atoms with Crippen LogP contribution in [0, 0.1) is 11.7 Å². The van der Waals surface area contributed by atoms with Crippen LogP contribution in [0.25, 0.3) is 0 Å². The number of anilines is 1. The molecular weight excluding hydrogens is 416 g/mol. The van der Waals surface area contributed by atoms with Gasteiger partial charge in [-0.3, -0.25) is 4.79 Å². The summed E-state index contributed by atoms with van der Waals surface area (Å²) < 4.78 is 37.4. The average Bonchev–Trinajstić information content (AvgIpc) is 3.07. The number of amidine groups is 1. The Hall–Kier alpha value is -2.79. The van der Waals surface area contributed by atoms with E-state index >= 15 is 0 Å². The third-order valence-corrected chi connectivity index (χ3v) is 6.13. The van der Waals surface area contributed by atoms with Gasteiger partial charge in [0, 0.05) is 22.9 Å². The van der Waals surface area contributed by atoms with Crippen molar-refractivity contribution in [3.05, 3.63) is 47.7 Å². The summed E-state index contributed by atoms with van der Waals surface area (Å²) in [6, 6.07) is 4.26. The highest BCUT2D eigenvalue weighted by Crippen LogP contribution is 2.48. The molecule has 0 aliphatic carbocycles. The number of alkyl halides is 1. The van der Waals surface area contributed by atoms with Gasteiger partial charge < -0.3 is 20.5 Å². The maximum absolute atomic E-state index is 14.9. The Bertz CT molecular complexity index is 991. The molecule has 3 N–H and O–H groups in total. The molecule has 30 heavy (non-hydrogen) atoms. The highest BCUT2D eigenvalue weighted by atomic mass is 32.2. The number of fused-ring (bicyclic) bond motifs is 1. The fourth-order valence-electron chi connectivity index (χ4n) is 3.69. The van der Waals surface area contributed by atoms with E-state index in [0.29, 0.717) is 22.2 Å². The molecule has 3 heterocycles. The second kappa shape index (κ2) is 8.15. The number of carbonyl (C=O) groups is 1. The van der Waals surface area contributed by atoms with E-state index in [1.54, 1.807) is 6.07 Å². The molecule has 3 atom stereocenters. The van der Waals surface area contributed by atoms with Gasteiger partial charge in [-0.05, 0) is 25.1 Å².